The lowest BCUT2D eigenvalue weighted by atomic mass is 9.94. The average Bonchev–Trinajstić information content (AvgIpc) is 2.93. The minimum Gasteiger partial charge on any atom is -0.381 e. The second-order valence-corrected chi connectivity index (χ2v) is 6.34. The van der Waals surface area contributed by atoms with Crippen LogP contribution in [0.5, 0.6) is 0 Å². The Labute approximate surface area is 113 Å². The van der Waals surface area contributed by atoms with Gasteiger partial charge in [-0.25, -0.2) is 0 Å². The van der Waals surface area contributed by atoms with Gasteiger partial charge < -0.3 is 10.1 Å². The lowest BCUT2D eigenvalue weighted by Gasteiger charge is -2.22. The van der Waals surface area contributed by atoms with Crippen molar-refractivity contribution in [1.82, 2.24) is 5.32 Å². The van der Waals surface area contributed by atoms with Crippen molar-refractivity contribution < 1.29 is 4.74 Å². The highest BCUT2D eigenvalue weighted by molar-refractivity contribution is 4.77. The van der Waals surface area contributed by atoms with Gasteiger partial charge >= 0.3 is 0 Å². The van der Waals surface area contributed by atoms with Crippen LogP contribution >= 0.6 is 0 Å². The zero-order valence-corrected chi connectivity index (χ0v) is 12.1. The van der Waals surface area contributed by atoms with Crippen LogP contribution in [-0.2, 0) is 4.74 Å². The Hall–Kier alpha value is -0.0800. The van der Waals surface area contributed by atoms with E-state index in [9.17, 15) is 0 Å². The molecule has 2 rings (SSSR count). The molecule has 1 atom stereocenters. The summed E-state index contributed by atoms with van der Waals surface area (Å²) in [6.07, 6.45) is 12.6. The van der Waals surface area contributed by atoms with Gasteiger partial charge in [-0.15, -0.1) is 0 Å². The molecule has 0 radical (unpaired) electrons. The molecule has 0 aromatic rings. The summed E-state index contributed by atoms with van der Waals surface area (Å²) in [6, 6.07) is 0.746. The quantitative estimate of drug-likeness (QED) is 0.698. The van der Waals surface area contributed by atoms with Gasteiger partial charge in [0.25, 0.3) is 0 Å². The SMILES string of the molecule is C[C@@H](NCCCCC1CCOCC1)C1CCCC1. The summed E-state index contributed by atoms with van der Waals surface area (Å²) in [7, 11) is 0. The van der Waals surface area contributed by atoms with Crippen molar-refractivity contribution in [2.24, 2.45) is 11.8 Å². The van der Waals surface area contributed by atoms with Gasteiger partial charge in [-0.3, -0.25) is 0 Å². The molecule has 2 nitrogen and oxygen atoms in total. The van der Waals surface area contributed by atoms with Crippen molar-refractivity contribution in [3.63, 3.8) is 0 Å². The minimum absolute atomic E-state index is 0.746. The van der Waals surface area contributed by atoms with E-state index in [0.717, 1.165) is 31.1 Å². The van der Waals surface area contributed by atoms with Crippen LogP contribution in [0.25, 0.3) is 0 Å². The Morgan fingerprint density at radius 1 is 1.06 bits per heavy atom. The average molecular weight is 253 g/mol. The van der Waals surface area contributed by atoms with Gasteiger partial charge in [-0.2, -0.15) is 0 Å². The van der Waals surface area contributed by atoms with Crippen molar-refractivity contribution >= 4 is 0 Å². The molecular weight excluding hydrogens is 222 g/mol. The van der Waals surface area contributed by atoms with E-state index in [1.54, 1.807) is 0 Å². The summed E-state index contributed by atoms with van der Waals surface area (Å²) in [5.74, 6) is 1.91. The molecule has 0 amide bonds. The van der Waals surface area contributed by atoms with Crippen molar-refractivity contribution in [2.45, 2.75) is 70.8 Å². The van der Waals surface area contributed by atoms with E-state index in [2.05, 4.69) is 12.2 Å². The minimum atomic E-state index is 0.746. The van der Waals surface area contributed by atoms with E-state index in [0.29, 0.717) is 0 Å². The van der Waals surface area contributed by atoms with Gasteiger partial charge in [0.05, 0.1) is 0 Å². The number of hydrogen-bond donors (Lipinski definition) is 1. The van der Waals surface area contributed by atoms with Gasteiger partial charge in [0, 0.05) is 19.3 Å². The Kier molecular flexibility index (Phi) is 6.50. The molecule has 0 unspecified atom stereocenters. The third kappa shape index (κ3) is 4.89. The van der Waals surface area contributed by atoms with Crippen LogP contribution in [0, 0.1) is 11.8 Å². The summed E-state index contributed by atoms with van der Waals surface area (Å²) in [4.78, 5) is 0. The maximum absolute atomic E-state index is 5.40. The van der Waals surface area contributed by atoms with E-state index in [4.69, 9.17) is 4.74 Å². The maximum atomic E-state index is 5.40. The van der Waals surface area contributed by atoms with Crippen LogP contribution in [0.2, 0.25) is 0 Å². The summed E-state index contributed by atoms with van der Waals surface area (Å²) in [6.45, 7) is 5.61. The topological polar surface area (TPSA) is 21.3 Å². The number of ether oxygens (including phenoxy) is 1. The predicted octanol–water partition coefficient (Wildman–Crippen LogP) is 3.75. The first kappa shape index (κ1) is 14.3. The summed E-state index contributed by atoms with van der Waals surface area (Å²) < 4.78 is 5.40. The Morgan fingerprint density at radius 3 is 2.50 bits per heavy atom. The molecule has 1 heterocycles. The van der Waals surface area contributed by atoms with E-state index >= 15 is 0 Å². The summed E-state index contributed by atoms with van der Waals surface area (Å²) in [5, 5.41) is 3.74. The van der Waals surface area contributed by atoms with Crippen LogP contribution < -0.4 is 5.32 Å². The maximum Gasteiger partial charge on any atom is 0.0468 e. The second-order valence-electron chi connectivity index (χ2n) is 6.34. The van der Waals surface area contributed by atoms with Crippen molar-refractivity contribution in [3.8, 4) is 0 Å². The molecule has 18 heavy (non-hydrogen) atoms. The fourth-order valence-electron chi connectivity index (χ4n) is 3.55. The van der Waals surface area contributed by atoms with Crippen LogP contribution in [0.4, 0.5) is 0 Å². The van der Waals surface area contributed by atoms with Gasteiger partial charge in [0.2, 0.25) is 0 Å². The number of unbranched alkanes of at least 4 members (excludes halogenated alkanes) is 1. The van der Waals surface area contributed by atoms with E-state index < -0.39 is 0 Å². The number of hydrogen-bond acceptors (Lipinski definition) is 2. The molecule has 1 saturated carbocycles. The Morgan fingerprint density at radius 2 is 1.78 bits per heavy atom. The van der Waals surface area contributed by atoms with Crippen molar-refractivity contribution in [1.29, 1.82) is 0 Å². The van der Waals surface area contributed by atoms with Crippen LogP contribution in [0.15, 0.2) is 0 Å². The first-order valence-electron chi connectivity index (χ1n) is 8.17. The first-order chi connectivity index (χ1) is 8.86. The van der Waals surface area contributed by atoms with Gasteiger partial charge in [-0.05, 0) is 57.4 Å². The van der Waals surface area contributed by atoms with Crippen molar-refractivity contribution in [2.75, 3.05) is 19.8 Å². The third-order valence-corrected chi connectivity index (χ3v) is 4.95. The lowest BCUT2D eigenvalue weighted by molar-refractivity contribution is 0.0631. The number of nitrogens with one attached hydrogen (secondary N) is 1. The molecule has 1 saturated heterocycles. The van der Waals surface area contributed by atoms with Crippen LogP contribution in [0.3, 0.4) is 0 Å². The zero-order chi connectivity index (χ0) is 12.6. The van der Waals surface area contributed by atoms with E-state index in [-0.39, 0.29) is 0 Å². The van der Waals surface area contributed by atoms with Gasteiger partial charge in [0.1, 0.15) is 0 Å². The molecule has 0 aromatic carbocycles. The fourth-order valence-corrected chi connectivity index (χ4v) is 3.55. The molecule has 0 bridgehead atoms. The fraction of sp³-hybridized carbons (Fsp3) is 1.00. The highest BCUT2D eigenvalue weighted by Crippen LogP contribution is 2.27. The summed E-state index contributed by atoms with van der Waals surface area (Å²) in [5.41, 5.74) is 0. The van der Waals surface area contributed by atoms with Crippen LogP contribution in [0.1, 0.15) is 64.7 Å². The Bertz CT molecular complexity index is 207. The number of rotatable bonds is 7. The Balaban J connectivity index is 1.45. The second kappa shape index (κ2) is 8.16. The van der Waals surface area contributed by atoms with Gasteiger partial charge in [0.15, 0.2) is 0 Å². The van der Waals surface area contributed by atoms with E-state index in [1.807, 2.05) is 0 Å². The molecule has 0 aromatic heterocycles. The third-order valence-electron chi connectivity index (χ3n) is 4.95. The lowest BCUT2D eigenvalue weighted by Crippen LogP contribution is -2.33. The van der Waals surface area contributed by atoms with Gasteiger partial charge in [-0.1, -0.05) is 25.7 Å². The molecule has 1 aliphatic carbocycles. The molecule has 106 valence electrons. The monoisotopic (exact) mass is 253 g/mol. The van der Waals surface area contributed by atoms with Crippen molar-refractivity contribution in [3.05, 3.63) is 0 Å². The molecule has 0 spiro atoms. The predicted molar refractivity (Wildman–Crippen MR) is 76.8 cm³/mol. The first-order valence-corrected chi connectivity index (χ1v) is 8.17. The largest absolute Gasteiger partial charge is 0.381 e. The smallest absolute Gasteiger partial charge is 0.0468 e. The standard InChI is InChI=1S/C16H31NO/c1-14(16-7-2-3-8-16)17-11-5-4-6-15-9-12-18-13-10-15/h14-17H,2-13H2,1H3/t14-/m1/s1. The molecule has 2 fully saturated rings. The van der Waals surface area contributed by atoms with Crippen LogP contribution in [-0.4, -0.2) is 25.8 Å². The molecule has 2 aliphatic rings. The zero-order valence-electron chi connectivity index (χ0n) is 12.1. The highest BCUT2D eigenvalue weighted by atomic mass is 16.5. The molecule has 1 aliphatic heterocycles. The molecule has 2 heteroatoms. The molecule has 1 N–H and O–H groups in total. The highest BCUT2D eigenvalue weighted by Gasteiger charge is 2.20. The van der Waals surface area contributed by atoms with E-state index in [1.165, 1.54) is 64.3 Å². The normalized spacial score (nSPS) is 24.5. The summed E-state index contributed by atoms with van der Waals surface area (Å²) >= 11 is 0. The molecular formula is C16H31NO.